The van der Waals surface area contributed by atoms with Gasteiger partial charge in [-0.3, -0.25) is 0 Å². The standard InChI is InChI=1S/C14H21BrN2/c1-4-12-7-13(15)5-6-14(12)17-9-10(2)16-8-11(17)3/h5-7,10-11,16H,4,8-9H2,1-3H3. The summed E-state index contributed by atoms with van der Waals surface area (Å²) in [5.41, 5.74) is 2.83. The summed E-state index contributed by atoms with van der Waals surface area (Å²) in [5, 5.41) is 3.53. The highest BCUT2D eigenvalue weighted by Crippen LogP contribution is 2.27. The van der Waals surface area contributed by atoms with Crippen molar-refractivity contribution < 1.29 is 0 Å². The van der Waals surface area contributed by atoms with E-state index in [1.807, 2.05) is 0 Å². The highest BCUT2D eigenvalue weighted by Gasteiger charge is 2.23. The fraction of sp³-hybridized carbons (Fsp3) is 0.571. The SMILES string of the molecule is CCc1cc(Br)ccc1N1CC(C)NCC1C. The van der Waals surface area contributed by atoms with Crippen LogP contribution in [0.1, 0.15) is 26.3 Å². The average Bonchev–Trinajstić information content (AvgIpc) is 2.32. The molecule has 1 aromatic rings. The van der Waals surface area contributed by atoms with Gasteiger partial charge in [0.2, 0.25) is 0 Å². The molecule has 1 N–H and O–H groups in total. The van der Waals surface area contributed by atoms with Gasteiger partial charge in [0.25, 0.3) is 0 Å². The molecule has 1 saturated heterocycles. The topological polar surface area (TPSA) is 15.3 Å². The van der Waals surface area contributed by atoms with Gasteiger partial charge in [-0.15, -0.1) is 0 Å². The van der Waals surface area contributed by atoms with Gasteiger partial charge in [0, 0.05) is 35.3 Å². The molecule has 94 valence electrons. The lowest BCUT2D eigenvalue weighted by atomic mass is 10.0. The second-order valence-electron chi connectivity index (χ2n) is 4.94. The Bertz CT molecular complexity index is 392. The van der Waals surface area contributed by atoms with Crippen molar-refractivity contribution in [3.63, 3.8) is 0 Å². The molecular weight excluding hydrogens is 276 g/mol. The van der Waals surface area contributed by atoms with Crippen molar-refractivity contribution in [1.29, 1.82) is 0 Å². The number of rotatable bonds is 2. The molecule has 1 aromatic carbocycles. The maximum absolute atomic E-state index is 3.56. The summed E-state index contributed by atoms with van der Waals surface area (Å²) in [6.07, 6.45) is 1.08. The third-order valence-electron chi connectivity index (χ3n) is 3.50. The van der Waals surface area contributed by atoms with Crippen LogP contribution in [-0.4, -0.2) is 25.2 Å². The number of anilines is 1. The van der Waals surface area contributed by atoms with Crippen molar-refractivity contribution in [1.82, 2.24) is 5.32 Å². The third-order valence-corrected chi connectivity index (χ3v) is 3.99. The second-order valence-corrected chi connectivity index (χ2v) is 5.85. The van der Waals surface area contributed by atoms with Gasteiger partial charge in [-0.05, 0) is 44.0 Å². The largest absolute Gasteiger partial charge is 0.366 e. The molecule has 17 heavy (non-hydrogen) atoms. The number of hydrogen-bond donors (Lipinski definition) is 1. The number of benzene rings is 1. The first kappa shape index (κ1) is 12.9. The van der Waals surface area contributed by atoms with E-state index in [9.17, 15) is 0 Å². The van der Waals surface area contributed by atoms with Gasteiger partial charge >= 0.3 is 0 Å². The Morgan fingerprint density at radius 3 is 2.88 bits per heavy atom. The molecule has 2 rings (SSSR count). The van der Waals surface area contributed by atoms with E-state index >= 15 is 0 Å². The van der Waals surface area contributed by atoms with E-state index in [1.165, 1.54) is 15.7 Å². The Balaban J connectivity index is 2.31. The molecule has 0 bridgehead atoms. The minimum atomic E-state index is 0.567. The van der Waals surface area contributed by atoms with Crippen molar-refractivity contribution >= 4 is 21.6 Å². The smallest absolute Gasteiger partial charge is 0.0402 e. The molecule has 0 saturated carbocycles. The van der Waals surface area contributed by atoms with Gasteiger partial charge < -0.3 is 10.2 Å². The Hall–Kier alpha value is -0.540. The number of halogens is 1. The lowest BCUT2D eigenvalue weighted by molar-refractivity contribution is 0.424. The molecule has 0 amide bonds. The lowest BCUT2D eigenvalue weighted by Gasteiger charge is -2.40. The van der Waals surface area contributed by atoms with E-state index < -0.39 is 0 Å². The highest BCUT2D eigenvalue weighted by atomic mass is 79.9. The quantitative estimate of drug-likeness (QED) is 0.902. The fourth-order valence-corrected chi connectivity index (χ4v) is 2.88. The van der Waals surface area contributed by atoms with Gasteiger partial charge in [-0.1, -0.05) is 22.9 Å². The summed E-state index contributed by atoms with van der Waals surface area (Å²) in [7, 11) is 0. The molecule has 1 fully saturated rings. The van der Waals surface area contributed by atoms with Crippen LogP contribution < -0.4 is 10.2 Å². The minimum Gasteiger partial charge on any atom is -0.366 e. The highest BCUT2D eigenvalue weighted by molar-refractivity contribution is 9.10. The van der Waals surface area contributed by atoms with Crippen LogP contribution in [0.4, 0.5) is 5.69 Å². The van der Waals surface area contributed by atoms with Gasteiger partial charge in [-0.25, -0.2) is 0 Å². The molecule has 0 spiro atoms. The predicted octanol–water partition coefficient (Wildman–Crippen LogP) is 3.20. The number of aryl methyl sites for hydroxylation is 1. The van der Waals surface area contributed by atoms with Gasteiger partial charge in [0.15, 0.2) is 0 Å². The van der Waals surface area contributed by atoms with Gasteiger partial charge in [0.05, 0.1) is 0 Å². The van der Waals surface area contributed by atoms with Crippen molar-refractivity contribution in [2.45, 2.75) is 39.3 Å². The first-order valence-electron chi connectivity index (χ1n) is 6.40. The zero-order valence-corrected chi connectivity index (χ0v) is 12.4. The van der Waals surface area contributed by atoms with E-state index in [0.29, 0.717) is 12.1 Å². The summed E-state index contributed by atoms with van der Waals surface area (Å²) >= 11 is 3.56. The molecule has 0 radical (unpaired) electrons. The zero-order chi connectivity index (χ0) is 12.4. The van der Waals surface area contributed by atoms with E-state index in [2.05, 4.69) is 65.1 Å². The molecule has 2 atom stereocenters. The van der Waals surface area contributed by atoms with Crippen LogP contribution in [0.25, 0.3) is 0 Å². The molecule has 1 aliphatic heterocycles. The molecule has 0 aromatic heterocycles. The Morgan fingerprint density at radius 1 is 1.41 bits per heavy atom. The van der Waals surface area contributed by atoms with Crippen LogP contribution in [0.2, 0.25) is 0 Å². The van der Waals surface area contributed by atoms with E-state index in [1.54, 1.807) is 0 Å². The molecule has 0 aliphatic carbocycles. The first-order chi connectivity index (χ1) is 8.11. The number of nitrogens with one attached hydrogen (secondary N) is 1. The molecule has 1 heterocycles. The summed E-state index contributed by atoms with van der Waals surface area (Å²) in [4.78, 5) is 2.53. The molecule has 2 unspecified atom stereocenters. The van der Waals surface area contributed by atoms with Crippen LogP contribution >= 0.6 is 15.9 Å². The van der Waals surface area contributed by atoms with Crippen LogP contribution in [-0.2, 0) is 6.42 Å². The normalized spacial score (nSPS) is 25.1. The van der Waals surface area contributed by atoms with Crippen LogP contribution in [0, 0.1) is 0 Å². The Kier molecular flexibility index (Phi) is 4.10. The number of hydrogen-bond acceptors (Lipinski definition) is 2. The Labute approximate surface area is 113 Å². The lowest BCUT2D eigenvalue weighted by Crippen LogP contribution is -2.54. The van der Waals surface area contributed by atoms with E-state index in [0.717, 1.165) is 19.5 Å². The first-order valence-corrected chi connectivity index (χ1v) is 7.19. The summed E-state index contributed by atoms with van der Waals surface area (Å²) in [5.74, 6) is 0. The van der Waals surface area contributed by atoms with Gasteiger partial charge in [0.1, 0.15) is 0 Å². The monoisotopic (exact) mass is 296 g/mol. The molecular formula is C14H21BrN2. The van der Waals surface area contributed by atoms with Crippen molar-refractivity contribution in [2.75, 3.05) is 18.0 Å². The summed E-state index contributed by atoms with van der Waals surface area (Å²) in [6, 6.07) is 7.78. The fourth-order valence-electron chi connectivity index (χ4n) is 2.47. The molecule has 3 heteroatoms. The summed E-state index contributed by atoms with van der Waals surface area (Å²) in [6.45, 7) is 8.93. The molecule has 1 aliphatic rings. The minimum absolute atomic E-state index is 0.567. The van der Waals surface area contributed by atoms with Crippen molar-refractivity contribution in [3.05, 3.63) is 28.2 Å². The maximum Gasteiger partial charge on any atom is 0.0402 e. The van der Waals surface area contributed by atoms with Gasteiger partial charge in [-0.2, -0.15) is 0 Å². The molecule has 2 nitrogen and oxygen atoms in total. The third kappa shape index (κ3) is 2.83. The van der Waals surface area contributed by atoms with Crippen LogP contribution in [0.5, 0.6) is 0 Å². The number of piperazine rings is 1. The number of nitrogens with zero attached hydrogens (tertiary/aromatic N) is 1. The van der Waals surface area contributed by atoms with Crippen LogP contribution in [0.3, 0.4) is 0 Å². The Morgan fingerprint density at radius 2 is 2.18 bits per heavy atom. The maximum atomic E-state index is 3.56. The second kappa shape index (κ2) is 5.40. The van der Waals surface area contributed by atoms with Crippen LogP contribution in [0.15, 0.2) is 22.7 Å². The van der Waals surface area contributed by atoms with Crippen molar-refractivity contribution in [2.24, 2.45) is 0 Å². The average molecular weight is 297 g/mol. The zero-order valence-electron chi connectivity index (χ0n) is 10.8. The van der Waals surface area contributed by atoms with E-state index in [4.69, 9.17) is 0 Å². The summed E-state index contributed by atoms with van der Waals surface area (Å²) < 4.78 is 1.17. The van der Waals surface area contributed by atoms with Crippen molar-refractivity contribution in [3.8, 4) is 0 Å². The predicted molar refractivity (Wildman–Crippen MR) is 77.8 cm³/mol. The van der Waals surface area contributed by atoms with E-state index in [-0.39, 0.29) is 0 Å².